The van der Waals surface area contributed by atoms with Crippen LogP contribution >= 0.6 is 31.9 Å². The molecular formula is C16H15Br2FO2. The van der Waals surface area contributed by atoms with E-state index < -0.39 is 0 Å². The minimum absolute atomic E-state index is 0.119. The Morgan fingerprint density at radius 2 is 1.90 bits per heavy atom. The molecule has 1 atom stereocenters. The van der Waals surface area contributed by atoms with Crippen LogP contribution in [0.5, 0.6) is 11.5 Å². The normalized spacial score (nSPS) is 12.0. The molecule has 5 heteroatoms. The lowest BCUT2D eigenvalue weighted by Gasteiger charge is -2.17. The molecule has 21 heavy (non-hydrogen) atoms. The van der Waals surface area contributed by atoms with Crippen molar-refractivity contribution in [2.75, 3.05) is 13.7 Å². The first-order valence-corrected chi connectivity index (χ1v) is 8.17. The van der Waals surface area contributed by atoms with Crippen molar-refractivity contribution < 1.29 is 13.9 Å². The van der Waals surface area contributed by atoms with E-state index in [0.717, 1.165) is 21.3 Å². The average molecular weight is 418 g/mol. The number of methoxy groups -OCH3 is 1. The molecule has 0 saturated carbocycles. The van der Waals surface area contributed by atoms with Crippen LogP contribution < -0.4 is 9.47 Å². The van der Waals surface area contributed by atoms with E-state index in [0.29, 0.717) is 6.61 Å². The summed E-state index contributed by atoms with van der Waals surface area (Å²) in [6, 6.07) is 10.7. The number of ether oxygens (including phenoxy) is 2. The second kappa shape index (κ2) is 7.27. The van der Waals surface area contributed by atoms with Crippen LogP contribution in [0, 0.1) is 5.82 Å². The van der Waals surface area contributed by atoms with Gasteiger partial charge in [0.05, 0.1) is 18.5 Å². The maximum atomic E-state index is 13.5. The zero-order valence-corrected chi connectivity index (χ0v) is 14.9. The summed E-state index contributed by atoms with van der Waals surface area (Å²) >= 11 is 7.13. The second-order valence-corrected chi connectivity index (χ2v) is 6.20. The highest BCUT2D eigenvalue weighted by Gasteiger charge is 2.17. The van der Waals surface area contributed by atoms with E-state index in [4.69, 9.17) is 9.47 Å². The highest BCUT2D eigenvalue weighted by Crippen LogP contribution is 2.39. The first-order valence-electron chi connectivity index (χ1n) is 6.46. The number of benzene rings is 2. The van der Waals surface area contributed by atoms with Gasteiger partial charge in [0.25, 0.3) is 0 Å². The highest BCUT2D eigenvalue weighted by atomic mass is 79.9. The first kappa shape index (κ1) is 16.3. The standard InChI is InChI=1S/C16H15Br2FO2/c1-3-21-14-7-5-11(17)9-12(14)16(18)10-4-6-13(19)15(8-10)20-2/h4-9,16H,3H2,1-2H3. The molecule has 0 saturated heterocycles. The molecule has 0 aromatic heterocycles. The molecule has 0 radical (unpaired) electrons. The van der Waals surface area contributed by atoms with Crippen LogP contribution in [0.2, 0.25) is 0 Å². The lowest BCUT2D eigenvalue weighted by atomic mass is 10.0. The van der Waals surface area contributed by atoms with Gasteiger partial charge < -0.3 is 9.47 Å². The van der Waals surface area contributed by atoms with E-state index in [2.05, 4.69) is 31.9 Å². The maximum absolute atomic E-state index is 13.5. The molecule has 0 aliphatic rings. The number of halogens is 3. The van der Waals surface area contributed by atoms with Crippen molar-refractivity contribution in [3.8, 4) is 11.5 Å². The Kier molecular flexibility index (Phi) is 5.65. The van der Waals surface area contributed by atoms with Gasteiger partial charge in [-0.1, -0.05) is 37.9 Å². The van der Waals surface area contributed by atoms with E-state index >= 15 is 0 Å². The molecule has 2 aromatic carbocycles. The second-order valence-electron chi connectivity index (χ2n) is 4.37. The van der Waals surface area contributed by atoms with Crippen LogP contribution in [0.3, 0.4) is 0 Å². The van der Waals surface area contributed by atoms with Gasteiger partial charge in [0.15, 0.2) is 11.6 Å². The van der Waals surface area contributed by atoms with Crippen molar-refractivity contribution in [3.05, 3.63) is 57.8 Å². The molecule has 0 aliphatic carbocycles. The molecule has 0 amide bonds. The van der Waals surface area contributed by atoms with Gasteiger partial charge in [0.2, 0.25) is 0 Å². The Morgan fingerprint density at radius 3 is 2.57 bits per heavy atom. The van der Waals surface area contributed by atoms with Gasteiger partial charge in [0.1, 0.15) is 5.75 Å². The lowest BCUT2D eigenvalue weighted by Crippen LogP contribution is -2.01. The fourth-order valence-corrected chi connectivity index (χ4v) is 3.04. The number of rotatable bonds is 5. The van der Waals surface area contributed by atoms with Gasteiger partial charge in [-0.15, -0.1) is 0 Å². The van der Waals surface area contributed by atoms with Gasteiger partial charge in [-0.3, -0.25) is 0 Å². The van der Waals surface area contributed by atoms with E-state index in [1.54, 1.807) is 12.1 Å². The predicted molar refractivity (Wildman–Crippen MR) is 89.0 cm³/mol. The van der Waals surface area contributed by atoms with Crippen LogP contribution in [0.25, 0.3) is 0 Å². The molecule has 0 spiro atoms. The Morgan fingerprint density at radius 1 is 1.14 bits per heavy atom. The van der Waals surface area contributed by atoms with Crippen LogP contribution in [0.4, 0.5) is 4.39 Å². The van der Waals surface area contributed by atoms with Crippen LogP contribution in [-0.4, -0.2) is 13.7 Å². The molecule has 2 rings (SSSR count). The average Bonchev–Trinajstić information content (AvgIpc) is 2.49. The summed E-state index contributed by atoms with van der Waals surface area (Å²) in [6.45, 7) is 2.52. The zero-order valence-electron chi connectivity index (χ0n) is 11.7. The van der Waals surface area contributed by atoms with Crippen molar-refractivity contribution >= 4 is 31.9 Å². The van der Waals surface area contributed by atoms with Crippen molar-refractivity contribution in [3.63, 3.8) is 0 Å². The Balaban J connectivity index is 2.43. The Hall–Kier alpha value is -1.07. The number of hydrogen-bond donors (Lipinski definition) is 0. The Labute approximate surface area is 140 Å². The molecule has 1 unspecified atom stereocenters. The molecule has 2 nitrogen and oxygen atoms in total. The Bertz CT molecular complexity index is 632. The quantitative estimate of drug-likeness (QED) is 0.599. The van der Waals surface area contributed by atoms with E-state index in [9.17, 15) is 4.39 Å². The monoisotopic (exact) mass is 416 g/mol. The molecule has 0 N–H and O–H groups in total. The third-order valence-corrected chi connectivity index (χ3v) is 4.53. The molecular weight excluding hydrogens is 403 g/mol. The predicted octanol–water partition coefficient (Wildman–Crippen LogP) is 5.48. The van der Waals surface area contributed by atoms with Crippen molar-refractivity contribution in [1.29, 1.82) is 0 Å². The largest absolute Gasteiger partial charge is 0.494 e. The third kappa shape index (κ3) is 3.77. The summed E-state index contributed by atoms with van der Waals surface area (Å²) in [5, 5.41) is 0. The topological polar surface area (TPSA) is 18.5 Å². The summed E-state index contributed by atoms with van der Waals surface area (Å²) in [5.41, 5.74) is 1.87. The van der Waals surface area contributed by atoms with Crippen LogP contribution in [-0.2, 0) is 0 Å². The SMILES string of the molecule is CCOc1ccc(Br)cc1C(Br)c1ccc(F)c(OC)c1. The van der Waals surface area contributed by atoms with Gasteiger partial charge in [-0.25, -0.2) is 4.39 Å². The smallest absolute Gasteiger partial charge is 0.165 e. The van der Waals surface area contributed by atoms with Crippen LogP contribution in [0.15, 0.2) is 40.9 Å². The van der Waals surface area contributed by atoms with Gasteiger partial charge >= 0.3 is 0 Å². The van der Waals surface area contributed by atoms with Crippen LogP contribution in [0.1, 0.15) is 22.9 Å². The highest BCUT2D eigenvalue weighted by molar-refractivity contribution is 9.10. The molecule has 0 bridgehead atoms. The number of alkyl halides is 1. The zero-order chi connectivity index (χ0) is 15.4. The number of hydrogen-bond acceptors (Lipinski definition) is 2. The summed E-state index contributed by atoms with van der Waals surface area (Å²) in [7, 11) is 1.45. The maximum Gasteiger partial charge on any atom is 0.165 e. The van der Waals surface area contributed by atoms with Gasteiger partial charge in [-0.05, 0) is 42.8 Å². The van der Waals surface area contributed by atoms with E-state index in [-0.39, 0.29) is 16.4 Å². The fraction of sp³-hybridized carbons (Fsp3) is 0.250. The van der Waals surface area contributed by atoms with Crippen molar-refractivity contribution in [2.45, 2.75) is 11.8 Å². The molecule has 0 aliphatic heterocycles. The van der Waals surface area contributed by atoms with E-state index in [1.165, 1.54) is 13.2 Å². The van der Waals surface area contributed by atoms with Crippen molar-refractivity contribution in [2.24, 2.45) is 0 Å². The molecule has 0 heterocycles. The summed E-state index contributed by atoms with van der Waals surface area (Å²) in [6.07, 6.45) is 0. The van der Waals surface area contributed by atoms with Gasteiger partial charge in [-0.2, -0.15) is 0 Å². The molecule has 0 fully saturated rings. The summed E-state index contributed by atoms with van der Waals surface area (Å²) in [4.78, 5) is -0.119. The summed E-state index contributed by atoms with van der Waals surface area (Å²) in [5.74, 6) is 0.649. The molecule has 2 aromatic rings. The van der Waals surface area contributed by atoms with Gasteiger partial charge in [0, 0.05) is 10.0 Å². The summed E-state index contributed by atoms with van der Waals surface area (Å²) < 4.78 is 25.2. The minimum atomic E-state index is -0.375. The minimum Gasteiger partial charge on any atom is -0.494 e. The lowest BCUT2D eigenvalue weighted by molar-refractivity contribution is 0.337. The fourth-order valence-electron chi connectivity index (χ4n) is 2.02. The first-order chi connectivity index (χ1) is 10.1. The third-order valence-electron chi connectivity index (χ3n) is 3.01. The van der Waals surface area contributed by atoms with Crippen molar-refractivity contribution in [1.82, 2.24) is 0 Å². The molecule has 112 valence electrons. The van der Waals surface area contributed by atoms with E-state index in [1.807, 2.05) is 25.1 Å².